The standard InChI is InChI=1S/C11H15NO/c1-4-10-5-9(7-13)6-11(12-10)8(2)3/h5-8H,4H2,1-3H3. The van der Waals surface area contributed by atoms with E-state index in [9.17, 15) is 4.79 Å². The third-order valence-corrected chi connectivity index (χ3v) is 2.01. The summed E-state index contributed by atoms with van der Waals surface area (Å²) in [7, 11) is 0. The van der Waals surface area contributed by atoms with Crippen LogP contribution in [0.2, 0.25) is 0 Å². The molecular weight excluding hydrogens is 162 g/mol. The monoisotopic (exact) mass is 177 g/mol. The van der Waals surface area contributed by atoms with E-state index in [1.807, 2.05) is 19.1 Å². The number of carbonyl (C=O) groups is 1. The van der Waals surface area contributed by atoms with Crippen molar-refractivity contribution in [3.05, 3.63) is 29.1 Å². The van der Waals surface area contributed by atoms with E-state index in [1.54, 1.807) is 0 Å². The zero-order valence-electron chi connectivity index (χ0n) is 8.37. The second kappa shape index (κ2) is 4.17. The van der Waals surface area contributed by atoms with Crippen LogP contribution < -0.4 is 0 Å². The van der Waals surface area contributed by atoms with Crippen molar-refractivity contribution < 1.29 is 4.79 Å². The predicted molar refractivity (Wildman–Crippen MR) is 53.1 cm³/mol. The Morgan fingerprint density at radius 2 is 2.15 bits per heavy atom. The van der Waals surface area contributed by atoms with Crippen LogP contribution in [0.5, 0.6) is 0 Å². The van der Waals surface area contributed by atoms with Crippen LogP contribution in [0.15, 0.2) is 12.1 Å². The molecule has 0 atom stereocenters. The number of hydrogen-bond donors (Lipinski definition) is 0. The smallest absolute Gasteiger partial charge is 0.150 e. The Kier molecular flexibility index (Phi) is 3.18. The van der Waals surface area contributed by atoms with Gasteiger partial charge in [0.15, 0.2) is 0 Å². The summed E-state index contributed by atoms with van der Waals surface area (Å²) in [6.45, 7) is 6.20. The van der Waals surface area contributed by atoms with E-state index in [4.69, 9.17) is 0 Å². The Labute approximate surface area is 79.0 Å². The molecular formula is C11H15NO. The molecule has 0 aliphatic heterocycles. The number of aryl methyl sites for hydroxylation is 1. The number of aromatic nitrogens is 1. The van der Waals surface area contributed by atoms with Gasteiger partial charge in [0.1, 0.15) is 6.29 Å². The molecule has 0 fully saturated rings. The van der Waals surface area contributed by atoms with E-state index in [2.05, 4.69) is 18.8 Å². The van der Waals surface area contributed by atoms with Gasteiger partial charge < -0.3 is 0 Å². The zero-order valence-corrected chi connectivity index (χ0v) is 8.37. The van der Waals surface area contributed by atoms with Gasteiger partial charge in [-0.1, -0.05) is 20.8 Å². The van der Waals surface area contributed by atoms with Crippen molar-refractivity contribution in [3.63, 3.8) is 0 Å². The van der Waals surface area contributed by atoms with Crippen molar-refractivity contribution in [1.82, 2.24) is 4.98 Å². The molecule has 1 rings (SSSR count). The molecule has 0 aliphatic carbocycles. The summed E-state index contributed by atoms with van der Waals surface area (Å²) in [6, 6.07) is 3.70. The molecule has 0 N–H and O–H groups in total. The van der Waals surface area contributed by atoms with E-state index in [1.165, 1.54) is 0 Å². The minimum absolute atomic E-state index is 0.380. The third kappa shape index (κ3) is 2.38. The summed E-state index contributed by atoms with van der Waals surface area (Å²) in [5, 5.41) is 0. The number of rotatable bonds is 3. The Hall–Kier alpha value is -1.18. The number of nitrogens with zero attached hydrogens (tertiary/aromatic N) is 1. The lowest BCUT2D eigenvalue weighted by Crippen LogP contribution is -1.99. The largest absolute Gasteiger partial charge is 0.298 e. The van der Waals surface area contributed by atoms with E-state index in [0.29, 0.717) is 5.92 Å². The zero-order chi connectivity index (χ0) is 9.84. The highest BCUT2D eigenvalue weighted by atomic mass is 16.1. The molecule has 0 radical (unpaired) electrons. The van der Waals surface area contributed by atoms with Gasteiger partial charge in [0.05, 0.1) is 0 Å². The van der Waals surface area contributed by atoms with Crippen LogP contribution in [-0.2, 0) is 6.42 Å². The lowest BCUT2D eigenvalue weighted by Gasteiger charge is -2.07. The summed E-state index contributed by atoms with van der Waals surface area (Å²) in [5.41, 5.74) is 2.73. The third-order valence-electron chi connectivity index (χ3n) is 2.01. The second-order valence-electron chi connectivity index (χ2n) is 3.44. The second-order valence-corrected chi connectivity index (χ2v) is 3.44. The van der Waals surface area contributed by atoms with Crippen molar-refractivity contribution in [3.8, 4) is 0 Å². The van der Waals surface area contributed by atoms with Gasteiger partial charge in [0.25, 0.3) is 0 Å². The highest BCUT2D eigenvalue weighted by Gasteiger charge is 2.04. The molecule has 0 saturated heterocycles. The Morgan fingerprint density at radius 3 is 2.62 bits per heavy atom. The first-order valence-corrected chi connectivity index (χ1v) is 4.63. The highest BCUT2D eigenvalue weighted by molar-refractivity contribution is 5.75. The lowest BCUT2D eigenvalue weighted by molar-refractivity contribution is 0.112. The minimum Gasteiger partial charge on any atom is -0.298 e. The fourth-order valence-corrected chi connectivity index (χ4v) is 1.18. The molecule has 0 aliphatic rings. The summed E-state index contributed by atoms with van der Waals surface area (Å²) in [6.07, 6.45) is 1.76. The van der Waals surface area contributed by atoms with Crippen LogP contribution in [0.1, 0.15) is 48.4 Å². The van der Waals surface area contributed by atoms with Gasteiger partial charge in [0, 0.05) is 17.0 Å². The summed E-state index contributed by atoms with van der Waals surface area (Å²) >= 11 is 0. The number of hydrogen-bond acceptors (Lipinski definition) is 2. The normalized spacial score (nSPS) is 10.5. The van der Waals surface area contributed by atoms with Gasteiger partial charge in [0.2, 0.25) is 0 Å². The molecule has 13 heavy (non-hydrogen) atoms. The van der Waals surface area contributed by atoms with Crippen molar-refractivity contribution in [2.45, 2.75) is 33.1 Å². The van der Waals surface area contributed by atoms with Crippen molar-refractivity contribution in [1.29, 1.82) is 0 Å². The van der Waals surface area contributed by atoms with E-state index in [0.717, 1.165) is 29.7 Å². The molecule has 0 unspecified atom stereocenters. The van der Waals surface area contributed by atoms with Crippen molar-refractivity contribution in [2.24, 2.45) is 0 Å². The molecule has 0 spiro atoms. The topological polar surface area (TPSA) is 30.0 Å². The molecule has 1 aromatic rings. The maximum atomic E-state index is 10.6. The van der Waals surface area contributed by atoms with Gasteiger partial charge in [-0.25, -0.2) is 0 Å². The van der Waals surface area contributed by atoms with Crippen LogP contribution in [0, 0.1) is 0 Å². The van der Waals surface area contributed by atoms with Crippen molar-refractivity contribution >= 4 is 6.29 Å². The lowest BCUT2D eigenvalue weighted by atomic mass is 10.1. The molecule has 2 nitrogen and oxygen atoms in total. The van der Waals surface area contributed by atoms with Crippen LogP contribution in [0.3, 0.4) is 0 Å². The van der Waals surface area contributed by atoms with Crippen molar-refractivity contribution in [2.75, 3.05) is 0 Å². The van der Waals surface area contributed by atoms with Crippen LogP contribution in [-0.4, -0.2) is 11.3 Å². The first-order chi connectivity index (χ1) is 6.17. The van der Waals surface area contributed by atoms with Crippen LogP contribution >= 0.6 is 0 Å². The first-order valence-electron chi connectivity index (χ1n) is 4.63. The van der Waals surface area contributed by atoms with Gasteiger partial charge >= 0.3 is 0 Å². The van der Waals surface area contributed by atoms with Gasteiger partial charge in [-0.05, 0) is 24.5 Å². The summed E-state index contributed by atoms with van der Waals surface area (Å²) < 4.78 is 0. The molecule has 2 heteroatoms. The molecule has 1 heterocycles. The molecule has 0 aromatic carbocycles. The molecule has 0 amide bonds. The maximum absolute atomic E-state index is 10.6. The molecule has 0 bridgehead atoms. The number of pyridine rings is 1. The summed E-state index contributed by atoms with van der Waals surface area (Å²) in [5.74, 6) is 0.380. The Balaban J connectivity index is 3.14. The Morgan fingerprint density at radius 1 is 1.46 bits per heavy atom. The maximum Gasteiger partial charge on any atom is 0.150 e. The van der Waals surface area contributed by atoms with Crippen LogP contribution in [0.4, 0.5) is 0 Å². The average molecular weight is 177 g/mol. The van der Waals surface area contributed by atoms with E-state index in [-0.39, 0.29) is 0 Å². The average Bonchev–Trinajstić information content (AvgIpc) is 2.16. The van der Waals surface area contributed by atoms with E-state index < -0.39 is 0 Å². The van der Waals surface area contributed by atoms with Gasteiger partial charge in [-0.3, -0.25) is 9.78 Å². The SMILES string of the molecule is CCc1cc(C=O)cc(C(C)C)n1. The summed E-state index contributed by atoms with van der Waals surface area (Å²) in [4.78, 5) is 15.1. The van der Waals surface area contributed by atoms with Crippen LogP contribution in [0.25, 0.3) is 0 Å². The number of aldehydes is 1. The fraction of sp³-hybridized carbons (Fsp3) is 0.455. The van der Waals surface area contributed by atoms with Gasteiger partial charge in [-0.2, -0.15) is 0 Å². The number of carbonyl (C=O) groups excluding carboxylic acids is 1. The molecule has 1 aromatic heterocycles. The molecule has 70 valence electrons. The fourth-order valence-electron chi connectivity index (χ4n) is 1.18. The van der Waals surface area contributed by atoms with E-state index >= 15 is 0 Å². The highest BCUT2D eigenvalue weighted by Crippen LogP contribution is 2.14. The molecule has 0 saturated carbocycles. The first kappa shape index (κ1) is 9.90. The quantitative estimate of drug-likeness (QED) is 0.664. The Bertz CT molecular complexity index is 305. The minimum atomic E-state index is 0.380. The van der Waals surface area contributed by atoms with Gasteiger partial charge in [-0.15, -0.1) is 0 Å². The predicted octanol–water partition coefficient (Wildman–Crippen LogP) is 2.58.